The van der Waals surface area contributed by atoms with Crippen LogP contribution in [0.2, 0.25) is 0 Å². The molecule has 0 aliphatic rings. The van der Waals surface area contributed by atoms with Gasteiger partial charge in [0.1, 0.15) is 0 Å². The van der Waals surface area contributed by atoms with Crippen molar-refractivity contribution < 1.29 is 9.90 Å². The van der Waals surface area contributed by atoms with Gasteiger partial charge in [-0.2, -0.15) is 0 Å². The van der Waals surface area contributed by atoms with Crippen molar-refractivity contribution in [3.8, 4) is 0 Å². The summed E-state index contributed by atoms with van der Waals surface area (Å²) in [5.74, 6) is -0.148. The average Bonchev–Trinajstić information content (AvgIpc) is 2.21. The van der Waals surface area contributed by atoms with Crippen molar-refractivity contribution in [1.82, 2.24) is 16.0 Å². The first-order valence-corrected chi connectivity index (χ1v) is 4.74. The van der Waals surface area contributed by atoms with Crippen LogP contribution in [0.25, 0.3) is 0 Å². The lowest BCUT2D eigenvalue weighted by Crippen LogP contribution is -2.34. The largest absolute Gasteiger partial charge is 0.395 e. The standard InChI is InChI=1S/C9H19N3O2/c1-2-9(14)12-6-5-10-3-4-11-7-8-13/h2,10-11,13H,1,3-8H2,(H,12,14). The van der Waals surface area contributed by atoms with Gasteiger partial charge >= 0.3 is 0 Å². The summed E-state index contributed by atoms with van der Waals surface area (Å²) in [6, 6.07) is 0. The zero-order chi connectivity index (χ0) is 10.6. The van der Waals surface area contributed by atoms with Gasteiger partial charge in [0.15, 0.2) is 0 Å². The number of carbonyl (C=O) groups is 1. The highest BCUT2D eigenvalue weighted by molar-refractivity contribution is 5.86. The van der Waals surface area contributed by atoms with Gasteiger partial charge in [0.2, 0.25) is 5.91 Å². The van der Waals surface area contributed by atoms with Gasteiger partial charge in [-0.15, -0.1) is 0 Å². The normalized spacial score (nSPS) is 9.79. The molecule has 0 aromatic carbocycles. The summed E-state index contributed by atoms with van der Waals surface area (Å²) in [7, 11) is 0. The number of aliphatic hydroxyl groups excluding tert-OH is 1. The molecule has 14 heavy (non-hydrogen) atoms. The molecule has 0 aliphatic heterocycles. The minimum Gasteiger partial charge on any atom is -0.395 e. The molecular formula is C9H19N3O2. The maximum atomic E-state index is 10.7. The predicted octanol–water partition coefficient (Wildman–Crippen LogP) is -1.54. The van der Waals surface area contributed by atoms with Crippen LogP contribution >= 0.6 is 0 Å². The van der Waals surface area contributed by atoms with Crippen LogP contribution in [-0.2, 0) is 4.79 Å². The Morgan fingerprint density at radius 3 is 2.29 bits per heavy atom. The summed E-state index contributed by atoms with van der Waals surface area (Å²) in [6.45, 7) is 7.10. The van der Waals surface area contributed by atoms with E-state index in [1.165, 1.54) is 6.08 Å². The second-order valence-electron chi connectivity index (χ2n) is 2.72. The summed E-state index contributed by atoms with van der Waals surface area (Å²) in [5.41, 5.74) is 0. The first-order valence-electron chi connectivity index (χ1n) is 4.74. The number of hydrogen-bond acceptors (Lipinski definition) is 4. The molecule has 0 aromatic rings. The summed E-state index contributed by atoms with van der Waals surface area (Å²) in [6.07, 6.45) is 1.25. The van der Waals surface area contributed by atoms with Gasteiger partial charge in [-0.3, -0.25) is 4.79 Å². The van der Waals surface area contributed by atoms with E-state index in [0.717, 1.165) is 19.6 Å². The lowest BCUT2D eigenvalue weighted by molar-refractivity contribution is -0.116. The Hall–Kier alpha value is -0.910. The van der Waals surface area contributed by atoms with Crippen molar-refractivity contribution in [2.45, 2.75) is 0 Å². The number of nitrogens with one attached hydrogen (secondary N) is 3. The maximum absolute atomic E-state index is 10.7. The Morgan fingerprint density at radius 1 is 1.14 bits per heavy atom. The number of rotatable bonds is 9. The lowest BCUT2D eigenvalue weighted by Gasteiger charge is -2.05. The zero-order valence-electron chi connectivity index (χ0n) is 8.38. The molecule has 0 bridgehead atoms. The first-order chi connectivity index (χ1) is 6.81. The van der Waals surface area contributed by atoms with E-state index in [4.69, 9.17) is 5.11 Å². The quantitative estimate of drug-likeness (QED) is 0.269. The Bertz CT molecular complexity index is 162. The van der Waals surface area contributed by atoms with E-state index in [0.29, 0.717) is 13.1 Å². The third-order valence-corrected chi connectivity index (χ3v) is 1.55. The summed E-state index contributed by atoms with van der Waals surface area (Å²) < 4.78 is 0. The fourth-order valence-electron chi connectivity index (χ4n) is 0.852. The molecule has 0 spiro atoms. The van der Waals surface area contributed by atoms with E-state index in [1.807, 2.05) is 0 Å². The number of carbonyl (C=O) groups excluding carboxylic acids is 1. The minimum absolute atomic E-state index is 0.148. The van der Waals surface area contributed by atoms with Crippen LogP contribution in [0.3, 0.4) is 0 Å². The minimum atomic E-state index is -0.148. The molecule has 1 amide bonds. The van der Waals surface area contributed by atoms with Crippen LogP contribution in [0, 0.1) is 0 Å². The molecule has 0 saturated carbocycles. The number of aliphatic hydroxyl groups is 1. The smallest absolute Gasteiger partial charge is 0.243 e. The van der Waals surface area contributed by atoms with Crippen LogP contribution in [0.5, 0.6) is 0 Å². The fourth-order valence-corrected chi connectivity index (χ4v) is 0.852. The van der Waals surface area contributed by atoms with Crippen molar-refractivity contribution in [1.29, 1.82) is 0 Å². The second kappa shape index (κ2) is 10.2. The summed E-state index contributed by atoms with van der Waals surface area (Å²) in [5, 5.41) is 17.3. The zero-order valence-corrected chi connectivity index (χ0v) is 8.38. The van der Waals surface area contributed by atoms with Gasteiger partial charge in [-0.05, 0) is 6.08 Å². The highest BCUT2D eigenvalue weighted by Crippen LogP contribution is 1.65. The van der Waals surface area contributed by atoms with Crippen molar-refractivity contribution in [2.75, 3.05) is 39.3 Å². The Balaban J connectivity index is 2.99. The van der Waals surface area contributed by atoms with Crippen LogP contribution < -0.4 is 16.0 Å². The van der Waals surface area contributed by atoms with Crippen LogP contribution in [0.1, 0.15) is 0 Å². The highest BCUT2D eigenvalue weighted by Gasteiger charge is 1.91. The molecule has 5 heteroatoms. The van der Waals surface area contributed by atoms with Gasteiger partial charge in [0, 0.05) is 32.7 Å². The maximum Gasteiger partial charge on any atom is 0.243 e. The average molecular weight is 201 g/mol. The van der Waals surface area contributed by atoms with Crippen LogP contribution in [-0.4, -0.2) is 50.3 Å². The predicted molar refractivity (Wildman–Crippen MR) is 56.0 cm³/mol. The van der Waals surface area contributed by atoms with Gasteiger partial charge in [0.25, 0.3) is 0 Å². The van der Waals surface area contributed by atoms with Gasteiger partial charge in [0.05, 0.1) is 6.61 Å². The second-order valence-corrected chi connectivity index (χ2v) is 2.72. The molecule has 82 valence electrons. The van der Waals surface area contributed by atoms with E-state index in [2.05, 4.69) is 22.5 Å². The van der Waals surface area contributed by atoms with E-state index in [9.17, 15) is 4.79 Å². The molecule has 0 aromatic heterocycles. The molecular weight excluding hydrogens is 182 g/mol. The SMILES string of the molecule is C=CC(=O)NCCNCCNCCO. The van der Waals surface area contributed by atoms with Crippen LogP contribution in [0.15, 0.2) is 12.7 Å². The van der Waals surface area contributed by atoms with Crippen molar-refractivity contribution in [2.24, 2.45) is 0 Å². The van der Waals surface area contributed by atoms with E-state index < -0.39 is 0 Å². The molecule has 0 aliphatic carbocycles. The monoisotopic (exact) mass is 201 g/mol. The first kappa shape index (κ1) is 13.1. The topological polar surface area (TPSA) is 73.4 Å². The third-order valence-electron chi connectivity index (χ3n) is 1.55. The summed E-state index contributed by atoms with van der Waals surface area (Å²) in [4.78, 5) is 10.7. The molecule has 0 saturated heterocycles. The Morgan fingerprint density at radius 2 is 1.71 bits per heavy atom. The molecule has 4 N–H and O–H groups in total. The van der Waals surface area contributed by atoms with Crippen molar-refractivity contribution >= 4 is 5.91 Å². The highest BCUT2D eigenvalue weighted by atomic mass is 16.3. The third kappa shape index (κ3) is 9.18. The van der Waals surface area contributed by atoms with Gasteiger partial charge in [-0.1, -0.05) is 6.58 Å². The fraction of sp³-hybridized carbons (Fsp3) is 0.667. The Labute approximate surface area is 84.6 Å². The van der Waals surface area contributed by atoms with E-state index in [-0.39, 0.29) is 12.5 Å². The Kier molecular flexibility index (Phi) is 9.51. The van der Waals surface area contributed by atoms with Crippen LogP contribution in [0.4, 0.5) is 0 Å². The summed E-state index contributed by atoms with van der Waals surface area (Å²) >= 11 is 0. The number of hydrogen-bond donors (Lipinski definition) is 4. The van der Waals surface area contributed by atoms with E-state index in [1.54, 1.807) is 0 Å². The van der Waals surface area contributed by atoms with Gasteiger partial charge < -0.3 is 21.1 Å². The molecule has 0 unspecified atom stereocenters. The number of amides is 1. The lowest BCUT2D eigenvalue weighted by atomic mass is 10.5. The van der Waals surface area contributed by atoms with Crippen molar-refractivity contribution in [3.05, 3.63) is 12.7 Å². The van der Waals surface area contributed by atoms with Gasteiger partial charge in [-0.25, -0.2) is 0 Å². The molecule has 0 rings (SSSR count). The molecule has 0 radical (unpaired) electrons. The molecule has 0 fully saturated rings. The molecule has 0 atom stereocenters. The van der Waals surface area contributed by atoms with Crippen molar-refractivity contribution in [3.63, 3.8) is 0 Å². The molecule has 5 nitrogen and oxygen atoms in total. The van der Waals surface area contributed by atoms with E-state index >= 15 is 0 Å². The molecule has 0 heterocycles.